The molecule has 2 aromatic rings. The van der Waals surface area contributed by atoms with Crippen molar-refractivity contribution >= 4 is 29.5 Å². The number of hydrogen-bond acceptors (Lipinski definition) is 7. The van der Waals surface area contributed by atoms with Crippen LogP contribution in [0.15, 0.2) is 48.5 Å². The maximum Gasteiger partial charge on any atom is 0.413 e. The molecule has 0 bridgehead atoms. The molecule has 1 unspecified atom stereocenters. The summed E-state index contributed by atoms with van der Waals surface area (Å²) < 4.78 is 9.97. The fourth-order valence-corrected chi connectivity index (χ4v) is 3.78. The smallest absolute Gasteiger partial charge is 0.413 e. The van der Waals surface area contributed by atoms with Crippen molar-refractivity contribution in [3.63, 3.8) is 0 Å². The van der Waals surface area contributed by atoms with Crippen LogP contribution in [0.25, 0.3) is 0 Å². The zero-order chi connectivity index (χ0) is 27.0. The Kier molecular flexibility index (Phi) is 8.90. The van der Waals surface area contributed by atoms with Crippen molar-refractivity contribution < 1.29 is 23.9 Å². The number of rotatable bonds is 5. The van der Waals surface area contributed by atoms with Gasteiger partial charge in [0.25, 0.3) is 5.91 Å². The van der Waals surface area contributed by atoms with Gasteiger partial charge in [-0.1, -0.05) is 11.8 Å². The molecule has 2 aromatic carbocycles. The van der Waals surface area contributed by atoms with E-state index in [0.717, 1.165) is 17.7 Å². The third-order valence-corrected chi connectivity index (χ3v) is 5.53. The lowest BCUT2D eigenvalue weighted by Gasteiger charge is -2.22. The number of nitrogens with one attached hydrogen (secondary N) is 3. The second-order valence-corrected chi connectivity index (χ2v) is 9.49. The Morgan fingerprint density at radius 2 is 1.70 bits per heavy atom. The van der Waals surface area contributed by atoms with Crippen LogP contribution in [0.1, 0.15) is 55.1 Å². The van der Waals surface area contributed by atoms with Crippen LogP contribution in [0.2, 0.25) is 0 Å². The van der Waals surface area contributed by atoms with Gasteiger partial charge in [0.05, 0.1) is 13.7 Å². The van der Waals surface area contributed by atoms with Crippen molar-refractivity contribution in [2.24, 2.45) is 0 Å². The summed E-state index contributed by atoms with van der Waals surface area (Å²) in [5.74, 6) is 5.47. The highest BCUT2D eigenvalue weighted by molar-refractivity contribution is 6.04. The van der Waals surface area contributed by atoms with Gasteiger partial charge in [-0.25, -0.2) is 9.59 Å². The van der Waals surface area contributed by atoms with E-state index in [1.165, 1.54) is 7.11 Å². The Balaban J connectivity index is 1.50. The number of nitrogens with zero attached hydrogens (tertiary/aromatic N) is 1. The molecule has 3 N–H and O–H groups in total. The van der Waals surface area contributed by atoms with Gasteiger partial charge >= 0.3 is 12.1 Å². The molecule has 1 aliphatic rings. The zero-order valence-corrected chi connectivity index (χ0v) is 21.5. The Labute approximate surface area is 217 Å². The van der Waals surface area contributed by atoms with Crippen LogP contribution in [-0.4, -0.2) is 60.5 Å². The van der Waals surface area contributed by atoms with Crippen molar-refractivity contribution in [2.75, 3.05) is 25.5 Å². The highest BCUT2D eigenvalue weighted by Gasteiger charge is 2.35. The van der Waals surface area contributed by atoms with Gasteiger partial charge in [-0.2, -0.15) is 0 Å². The number of carbonyl (C=O) groups is 3. The van der Waals surface area contributed by atoms with E-state index < -0.39 is 17.7 Å². The number of benzene rings is 2. The summed E-state index contributed by atoms with van der Waals surface area (Å²) in [6.07, 6.45) is 0.716. The van der Waals surface area contributed by atoms with Gasteiger partial charge in [0.1, 0.15) is 17.5 Å². The Morgan fingerprint density at radius 3 is 2.32 bits per heavy atom. The van der Waals surface area contributed by atoms with Crippen LogP contribution in [0.5, 0.6) is 0 Å². The molecule has 3 rings (SSSR count). The normalized spacial score (nSPS) is 14.7. The fourth-order valence-electron chi connectivity index (χ4n) is 3.78. The number of esters is 1. The van der Waals surface area contributed by atoms with Gasteiger partial charge in [-0.3, -0.25) is 15.5 Å². The lowest BCUT2D eigenvalue weighted by Crippen LogP contribution is -2.41. The second kappa shape index (κ2) is 12.1. The molecule has 0 aliphatic carbocycles. The standard InChI is InChI=1S/C28H32N4O5/c1-28(2,3)37-27(35)31-24(29)20-13-15-22(16-14-20)30-17-5-7-19-9-11-21(12-10-19)25(33)32-18-6-8-23(32)26(34)36-4/h9-16,23,30H,6,8,17-18H2,1-4H3,(H2,29,31,35). The first-order chi connectivity index (χ1) is 17.6. The molecule has 1 saturated heterocycles. The summed E-state index contributed by atoms with van der Waals surface area (Å²) in [7, 11) is 1.33. The molecule has 37 heavy (non-hydrogen) atoms. The number of alkyl carbamates (subject to hydrolysis) is 1. The number of amides is 2. The van der Waals surface area contributed by atoms with Crippen molar-refractivity contribution in [1.29, 1.82) is 5.41 Å². The van der Waals surface area contributed by atoms with Gasteiger partial charge in [-0.05, 0) is 82.1 Å². The lowest BCUT2D eigenvalue weighted by atomic mass is 10.1. The number of methoxy groups -OCH3 is 1. The van der Waals surface area contributed by atoms with Crippen LogP contribution in [0, 0.1) is 17.3 Å². The number of carbonyl (C=O) groups excluding carboxylic acids is 3. The maximum absolute atomic E-state index is 12.8. The largest absolute Gasteiger partial charge is 0.467 e. The highest BCUT2D eigenvalue weighted by atomic mass is 16.6. The van der Waals surface area contributed by atoms with Gasteiger partial charge < -0.3 is 19.7 Å². The van der Waals surface area contributed by atoms with E-state index in [1.54, 1.807) is 74.2 Å². The first-order valence-corrected chi connectivity index (χ1v) is 12.0. The minimum atomic E-state index is -0.672. The summed E-state index contributed by atoms with van der Waals surface area (Å²) in [4.78, 5) is 38.1. The molecule has 0 radical (unpaired) electrons. The molecular formula is C28H32N4O5. The zero-order valence-electron chi connectivity index (χ0n) is 21.5. The SMILES string of the molecule is COC(=O)C1CCCN1C(=O)c1ccc(C#CCNc2ccc(C(=N)NC(=O)OC(C)(C)C)cc2)cc1. The third kappa shape index (κ3) is 7.84. The van der Waals surface area contributed by atoms with E-state index in [9.17, 15) is 14.4 Å². The first kappa shape index (κ1) is 27.3. The predicted molar refractivity (Wildman–Crippen MR) is 141 cm³/mol. The average Bonchev–Trinajstić information content (AvgIpc) is 3.35. The van der Waals surface area contributed by atoms with Crippen molar-refractivity contribution in [3.05, 3.63) is 65.2 Å². The molecule has 2 amide bonds. The minimum absolute atomic E-state index is 0.0481. The summed E-state index contributed by atoms with van der Waals surface area (Å²) in [6.45, 7) is 6.20. The molecule has 9 nitrogen and oxygen atoms in total. The lowest BCUT2D eigenvalue weighted by molar-refractivity contribution is -0.145. The third-order valence-electron chi connectivity index (χ3n) is 5.53. The predicted octanol–water partition coefficient (Wildman–Crippen LogP) is 3.78. The molecule has 1 atom stereocenters. The molecule has 0 spiro atoms. The molecular weight excluding hydrogens is 472 g/mol. The number of amidine groups is 1. The van der Waals surface area contributed by atoms with Gasteiger partial charge in [0, 0.05) is 28.9 Å². The van der Waals surface area contributed by atoms with Crippen LogP contribution >= 0.6 is 0 Å². The second-order valence-electron chi connectivity index (χ2n) is 9.49. The maximum atomic E-state index is 12.8. The van der Waals surface area contributed by atoms with E-state index in [4.69, 9.17) is 14.9 Å². The molecule has 0 saturated carbocycles. The van der Waals surface area contributed by atoms with Gasteiger partial charge in [0.2, 0.25) is 0 Å². The van der Waals surface area contributed by atoms with Crippen molar-refractivity contribution in [3.8, 4) is 11.8 Å². The molecule has 0 aromatic heterocycles. The number of hydrogen-bond donors (Lipinski definition) is 3. The Hall–Kier alpha value is -4.32. The number of likely N-dealkylation sites (tertiary alicyclic amines) is 1. The summed E-state index contributed by atoms with van der Waals surface area (Å²) in [6, 6.07) is 13.5. The molecule has 1 aliphatic heterocycles. The van der Waals surface area contributed by atoms with Crippen molar-refractivity contribution in [2.45, 2.75) is 45.3 Å². The van der Waals surface area contributed by atoms with Crippen LogP contribution in [-0.2, 0) is 14.3 Å². The molecule has 1 heterocycles. The summed E-state index contributed by atoms with van der Waals surface area (Å²) in [5, 5.41) is 13.6. The van der Waals surface area contributed by atoms with Crippen LogP contribution < -0.4 is 10.6 Å². The highest BCUT2D eigenvalue weighted by Crippen LogP contribution is 2.21. The quantitative estimate of drug-likeness (QED) is 0.247. The van der Waals surface area contributed by atoms with Crippen molar-refractivity contribution in [1.82, 2.24) is 10.2 Å². The molecule has 194 valence electrons. The monoisotopic (exact) mass is 504 g/mol. The molecule has 1 fully saturated rings. The Morgan fingerprint density at radius 1 is 1.05 bits per heavy atom. The number of ether oxygens (including phenoxy) is 2. The van der Waals surface area contributed by atoms with Crippen LogP contribution in [0.3, 0.4) is 0 Å². The van der Waals surface area contributed by atoms with E-state index in [1.807, 2.05) is 0 Å². The summed E-state index contributed by atoms with van der Waals surface area (Å²) >= 11 is 0. The Bertz CT molecular complexity index is 1200. The van der Waals surface area contributed by atoms with E-state index >= 15 is 0 Å². The van der Waals surface area contributed by atoms with Gasteiger partial charge in [0.15, 0.2) is 0 Å². The fraction of sp³-hybridized carbons (Fsp3) is 0.357. The van der Waals surface area contributed by atoms with Gasteiger partial charge in [-0.15, -0.1) is 0 Å². The number of anilines is 1. The summed E-state index contributed by atoms with van der Waals surface area (Å²) in [5.41, 5.74) is 1.99. The average molecular weight is 505 g/mol. The molecule has 9 heteroatoms. The minimum Gasteiger partial charge on any atom is -0.467 e. The van der Waals surface area contributed by atoms with Crippen LogP contribution in [0.4, 0.5) is 10.5 Å². The topological polar surface area (TPSA) is 121 Å². The van der Waals surface area contributed by atoms with E-state index in [2.05, 4.69) is 22.5 Å². The first-order valence-electron chi connectivity index (χ1n) is 12.0. The van der Waals surface area contributed by atoms with E-state index in [-0.39, 0.29) is 17.7 Å². The van der Waals surface area contributed by atoms with E-state index in [0.29, 0.717) is 30.6 Å².